The van der Waals surface area contributed by atoms with E-state index in [1.807, 2.05) is 0 Å². The van der Waals surface area contributed by atoms with Gasteiger partial charge >= 0.3 is 5.69 Å². The molecule has 9 heteroatoms. The number of hydrogen-bond acceptors (Lipinski definition) is 4. The molecule has 0 bridgehead atoms. The van der Waals surface area contributed by atoms with Crippen LogP contribution in [0.15, 0.2) is 58.3 Å². The predicted molar refractivity (Wildman–Crippen MR) is 93.5 cm³/mol. The maximum Gasteiger partial charge on any atom is 0.333 e. The van der Waals surface area contributed by atoms with Gasteiger partial charge in [0.1, 0.15) is 11.3 Å². The lowest BCUT2D eigenvalue weighted by Gasteiger charge is -2.09. The topological polar surface area (TPSA) is 93.2 Å². The summed E-state index contributed by atoms with van der Waals surface area (Å²) in [6, 6.07) is 8.82. The number of nitrogens with zero attached hydrogens (tertiary/aromatic N) is 1. The van der Waals surface area contributed by atoms with E-state index >= 15 is 0 Å². The third kappa shape index (κ3) is 3.61. The van der Waals surface area contributed by atoms with Crippen LogP contribution in [0.3, 0.4) is 0 Å². The van der Waals surface area contributed by atoms with Crippen molar-refractivity contribution in [2.75, 3.05) is 12.4 Å². The number of nitrogens with one attached hydrogen (secondary N) is 2. The van der Waals surface area contributed by atoms with Crippen molar-refractivity contribution in [2.24, 2.45) is 0 Å². The van der Waals surface area contributed by atoms with Crippen molar-refractivity contribution in [3.8, 4) is 11.4 Å². The summed E-state index contributed by atoms with van der Waals surface area (Å²) in [5, 5.41) is 2.28. The summed E-state index contributed by atoms with van der Waals surface area (Å²) >= 11 is 0. The van der Waals surface area contributed by atoms with Gasteiger partial charge in [0.05, 0.1) is 12.8 Å². The van der Waals surface area contributed by atoms with E-state index in [-0.39, 0.29) is 16.9 Å². The highest BCUT2D eigenvalue weighted by Gasteiger charge is 2.16. The van der Waals surface area contributed by atoms with Crippen LogP contribution in [0.2, 0.25) is 0 Å². The van der Waals surface area contributed by atoms with Gasteiger partial charge < -0.3 is 15.0 Å². The molecule has 0 unspecified atom stereocenters. The first-order valence-corrected chi connectivity index (χ1v) is 7.66. The highest BCUT2D eigenvalue weighted by molar-refractivity contribution is 6.03. The molecule has 3 aromatic rings. The molecular weight excluding hydrogens is 360 g/mol. The van der Waals surface area contributed by atoms with Crippen LogP contribution in [-0.2, 0) is 0 Å². The van der Waals surface area contributed by atoms with Crippen molar-refractivity contribution >= 4 is 11.6 Å². The van der Waals surface area contributed by atoms with E-state index in [1.165, 1.54) is 19.2 Å². The van der Waals surface area contributed by atoms with Gasteiger partial charge in [-0.05, 0) is 36.4 Å². The van der Waals surface area contributed by atoms with E-state index in [2.05, 4.69) is 10.3 Å². The number of benzene rings is 2. The van der Waals surface area contributed by atoms with Gasteiger partial charge in [-0.15, -0.1) is 0 Å². The first-order valence-electron chi connectivity index (χ1n) is 7.66. The maximum absolute atomic E-state index is 13.3. The Morgan fingerprint density at radius 3 is 2.41 bits per heavy atom. The van der Waals surface area contributed by atoms with E-state index in [0.717, 1.165) is 29.0 Å². The van der Waals surface area contributed by atoms with Gasteiger partial charge in [-0.2, -0.15) is 0 Å². The molecule has 0 atom stereocenters. The number of methoxy groups -OCH3 is 1. The molecule has 138 valence electrons. The number of hydrogen-bond donors (Lipinski definition) is 2. The third-order valence-electron chi connectivity index (χ3n) is 3.73. The van der Waals surface area contributed by atoms with Crippen molar-refractivity contribution in [1.29, 1.82) is 0 Å². The van der Waals surface area contributed by atoms with Crippen LogP contribution in [-0.4, -0.2) is 22.6 Å². The zero-order chi connectivity index (χ0) is 19.6. The fraction of sp³-hybridized carbons (Fsp3) is 0.0556. The second-order valence-electron chi connectivity index (χ2n) is 5.43. The Morgan fingerprint density at radius 2 is 1.78 bits per heavy atom. The van der Waals surface area contributed by atoms with E-state index in [1.54, 1.807) is 12.1 Å². The van der Waals surface area contributed by atoms with Crippen molar-refractivity contribution in [2.45, 2.75) is 0 Å². The Labute approximate surface area is 150 Å². The second-order valence-corrected chi connectivity index (χ2v) is 5.43. The molecule has 0 radical (unpaired) electrons. The molecular formula is C18H13F2N3O4. The van der Waals surface area contributed by atoms with Gasteiger partial charge in [-0.25, -0.2) is 18.1 Å². The Morgan fingerprint density at radius 1 is 1.07 bits per heavy atom. The molecule has 27 heavy (non-hydrogen) atoms. The molecule has 1 amide bonds. The van der Waals surface area contributed by atoms with Gasteiger partial charge in [0, 0.05) is 18.0 Å². The SMILES string of the molecule is COc1ccc(-n2c(=O)[nH]cc(C(=O)Nc3ccc(F)c(F)c3)c2=O)cc1. The molecule has 3 rings (SSSR count). The Hall–Kier alpha value is -3.75. The minimum absolute atomic E-state index is 0.0412. The fourth-order valence-corrected chi connectivity index (χ4v) is 2.37. The lowest BCUT2D eigenvalue weighted by atomic mass is 10.2. The van der Waals surface area contributed by atoms with E-state index in [4.69, 9.17) is 4.74 Å². The molecule has 0 saturated carbocycles. The van der Waals surface area contributed by atoms with Crippen LogP contribution in [0.25, 0.3) is 5.69 Å². The van der Waals surface area contributed by atoms with E-state index in [0.29, 0.717) is 5.75 Å². The minimum Gasteiger partial charge on any atom is -0.497 e. The van der Waals surface area contributed by atoms with Crippen LogP contribution in [0.1, 0.15) is 10.4 Å². The van der Waals surface area contributed by atoms with Crippen LogP contribution in [0, 0.1) is 11.6 Å². The molecule has 7 nitrogen and oxygen atoms in total. The van der Waals surface area contributed by atoms with Gasteiger partial charge in [-0.1, -0.05) is 0 Å². The predicted octanol–water partition coefficient (Wildman–Crippen LogP) is 2.06. The van der Waals surface area contributed by atoms with E-state index in [9.17, 15) is 23.2 Å². The van der Waals surface area contributed by atoms with Crippen LogP contribution in [0.4, 0.5) is 14.5 Å². The van der Waals surface area contributed by atoms with Gasteiger partial charge in [0.2, 0.25) is 0 Å². The van der Waals surface area contributed by atoms with Crippen molar-refractivity contribution in [3.05, 3.63) is 86.7 Å². The van der Waals surface area contributed by atoms with Gasteiger partial charge in [-0.3, -0.25) is 9.59 Å². The molecule has 2 aromatic carbocycles. The number of H-pyrrole nitrogens is 1. The first kappa shape index (κ1) is 18.1. The van der Waals surface area contributed by atoms with Crippen molar-refractivity contribution in [1.82, 2.24) is 9.55 Å². The third-order valence-corrected chi connectivity index (χ3v) is 3.73. The number of anilines is 1. The number of carbonyl (C=O) groups is 1. The monoisotopic (exact) mass is 373 g/mol. The van der Waals surface area contributed by atoms with Gasteiger partial charge in [0.15, 0.2) is 11.6 Å². The first-order chi connectivity index (χ1) is 12.9. The Kier molecular flexibility index (Phi) is 4.84. The minimum atomic E-state index is -1.15. The highest BCUT2D eigenvalue weighted by atomic mass is 19.2. The zero-order valence-electron chi connectivity index (χ0n) is 14.0. The average Bonchev–Trinajstić information content (AvgIpc) is 2.65. The number of amides is 1. The summed E-state index contributed by atoms with van der Waals surface area (Å²) in [6.07, 6.45) is 0.958. The number of aromatic amines is 1. The standard InChI is InChI=1S/C18H13F2N3O4/c1-27-12-5-3-11(4-6-12)23-17(25)13(9-21-18(23)26)16(24)22-10-2-7-14(19)15(20)8-10/h2-9H,1H3,(H,21,26)(H,22,24). The van der Waals surface area contributed by atoms with Gasteiger partial charge in [0.25, 0.3) is 11.5 Å². The molecule has 2 N–H and O–H groups in total. The molecule has 0 saturated heterocycles. The lowest BCUT2D eigenvalue weighted by molar-refractivity contribution is 0.102. The van der Waals surface area contributed by atoms with Crippen LogP contribution < -0.4 is 21.3 Å². The smallest absolute Gasteiger partial charge is 0.333 e. The Balaban J connectivity index is 1.98. The number of rotatable bonds is 4. The number of carbonyl (C=O) groups excluding carboxylic acids is 1. The largest absolute Gasteiger partial charge is 0.497 e. The summed E-state index contributed by atoms with van der Waals surface area (Å²) in [5.41, 5.74) is -1.81. The lowest BCUT2D eigenvalue weighted by Crippen LogP contribution is -2.38. The summed E-state index contributed by atoms with van der Waals surface area (Å²) in [4.78, 5) is 39.3. The summed E-state index contributed by atoms with van der Waals surface area (Å²) < 4.78 is 32.0. The molecule has 0 aliphatic carbocycles. The molecule has 1 heterocycles. The molecule has 1 aromatic heterocycles. The maximum atomic E-state index is 13.3. The number of aromatic nitrogens is 2. The van der Waals surface area contributed by atoms with Crippen molar-refractivity contribution in [3.63, 3.8) is 0 Å². The molecule has 0 fully saturated rings. The average molecular weight is 373 g/mol. The zero-order valence-corrected chi connectivity index (χ0v) is 14.0. The summed E-state index contributed by atoms with van der Waals surface area (Å²) in [7, 11) is 1.47. The molecule has 0 aliphatic heterocycles. The van der Waals surface area contributed by atoms with Crippen LogP contribution >= 0.6 is 0 Å². The second kappa shape index (κ2) is 7.24. The highest BCUT2D eigenvalue weighted by Crippen LogP contribution is 2.14. The molecule has 0 aliphatic rings. The van der Waals surface area contributed by atoms with Crippen LogP contribution in [0.5, 0.6) is 5.75 Å². The van der Waals surface area contributed by atoms with Crippen molar-refractivity contribution < 1.29 is 18.3 Å². The fourth-order valence-electron chi connectivity index (χ4n) is 2.37. The number of halogens is 2. The number of ether oxygens (including phenoxy) is 1. The normalized spacial score (nSPS) is 10.5. The quantitative estimate of drug-likeness (QED) is 0.732. The summed E-state index contributed by atoms with van der Waals surface area (Å²) in [5.74, 6) is -2.58. The van der Waals surface area contributed by atoms with E-state index < -0.39 is 28.8 Å². The molecule has 0 spiro atoms. The summed E-state index contributed by atoms with van der Waals surface area (Å²) in [6.45, 7) is 0. The Bertz CT molecular complexity index is 1120.